The van der Waals surface area contributed by atoms with Crippen LogP contribution in [-0.2, 0) is 24.7 Å². The van der Waals surface area contributed by atoms with E-state index in [1.54, 1.807) is 106 Å². The van der Waals surface area contributed by atoms with Crippen molar-refractivity contribution in [2.45, 2.75) is 114 Å². The molecule has 1 atom stereocenters. The molecule has 0 saturated heterocycles. The lowest BCUT2D eigenvalue weighted by molar-refractivity contribution is -0.120. The molecule has 554 valence electrons. The number of nitrogens with zero attached hydrogens (tertiary/aromatic N) is 7. The van der Waals surface area contributed by atoms with Crippen LogP contribution in [-0.4, -0.2) is 96.8 Å². The number of urea groups is 1. The van der Waals surface area contributed by atoms with Gasteiger partial charge in [-0.15, -0.1) is 44.2 Å². The van der Waals surface area contributed by atoms with Gasteiger partial charge in [-0.2, -0.15) is 11.3 Å². The minimum atomic E-state index is -0.665. The van der Waals surface area contributed by atoms with Gasteiger partial charge in [-0.05, 0) is 128 Å². The Morgan fingerprint density at radius 1 is 0.755 bits per heavy atom. The number of carbonyl (C=O) groups is 6. The van der Waals surface area contributed by atoms with Crippen molar-refractivity contribution in [2.24, 2.45) is 13.0 Å². The lowest BCUT2D eigenvalue weighted by atomic mass is 9.84. The van der Waals surface area contributed by atoms with E-state index in [0.717, 1.165) is 64.4 Å². The number of nitrogens with one attached hydrogen (secondary N) is 4. The van der Waals surface area contributed by atoms with Crippen molar-refractivity contribution in [3.63, 3.8) is 0 Å². The highest BCUT2D eigenvalue weighted by Gasteiger charge is 2.28. The highest BCUT2D eigenvalue weighted by atomic mass is 32.2. The van der Waals surface area contributed by atoms with Crippen molar-refractivity contribution in [3.05, 3.63) is 204 Å². The van der Waals surface area contributed by atoms with E-state index in [2.05, 4.69) is 94.0 Å². The number of benzene rings is 5. The van der Waals surface area contributed by atoms with Gasteiger partial charge in [0.25, 0.3) is 11.8 Å². The summed E-state index contributed by atoms with van der Waals surface area (Å²) < 4.78 is 57.8. The van der Waals surface area contributed by atoms with E-state index in [9.17, 15) is 37.5 Å². The van der Waals surface area contributed by atoms with Gasteiger partial charge in [0.1, 0.15) is 34.6 Å². The van der Waals surface area contributed by atoms with Crippen LogP contribution in [0.5, 0.6) is 34.5 Å². The summed E-state index contributed by atoms with van der Waals surface area (Å²) in [5, 5.41) is 30.1. The number of ether oxygens (including phenoxy) is 5. The average Bonchev–Trinajstić information content (AvgIpc) is 1.06. The molecule has 4 amide bonds. The lowest BCUT2D eigenvalue weighted by Gasteiger charge is -2.20. The number of imidazole rings is 1. The molecule has 0 bridgehead atoms. The number of amides is 4. The second-order valence-corrected chi connectivity index (χ2v) is 29.5. The van der Waals surface area contributed by atoms with Crippen LogP contribution >= 0.6 is 68.4 Å². The molecule has 1 unspecified atom stereocenters. The number of ketones is 3. The van der Waals surface area contributed by atoms with Crippen molar-refractivity contribution in [3.8, 4) is 34.5 Å². The van der Waals surface area contributed by atoms with Gasteiger partial charge in [0, 0.05) is 97.0 Å². The Hall–Kier alpha value is -10.3. The molecule has 1 aliphatic rings. The summed E-state index contributed by atoms with van der Waals surface area (Å²) in [6.45, 7) is 9.70. The molecule has 1 fully saturated rings. The molecule has 6 aromatic heterocycles. The van der Waals surface area contributed by atoms with E-state index >= 15 is 0 Å². The minimum absolute atomic E-state index is 0.0348. The number of Topliss-reactive ketones (excluding diaryl/α,β-unsaturated/α-hetero) is 3. The zero-order valence-electron chi connectivity index (χ0n) is 59.1. The first-order valence-corrected chi connectivity index (χ1v) is 38.6. The van der Waals surface area contributed by atoms with Crippen LogP contribution in [0.2, 0.25) is 0 Å². The van der Waals surface area contributed by atoms with Crippen molar-refractivity contribution in [1.82, 2.24) is 34.7 Å². The Labute approximate surface area is 635 Å². The molecule has 12 rings (SSSR count). The Bertz CT molecular complexity index is 4720. The number of carbonyl (C=O) groups excluding carboxylic acids is 6. The number of nitrogens with two attached hydrogens (primary N) is 1. The molecule has 1 aliphatic carbocycles. The summed E-state index contributed by atoms with van der Waals surface area (Å²) in [7, 11) is 4.77. The van der Waals surface area contributed by atoms with Crippen LogP contribution in [0.1, 0.15) is 141 Å². The number of anilines is 5. The molecule has 0 aliphatic heterocycles. The van der Waals surface area contributed by atoms with Crippen LogP contribution in [0.15, 0.2) is 159 Å². The monoisotopic (exact) mass is 1550 g/mol. The number of aromatic nitrogens is 7. The molecule has 5 aromatic carbocycles. The molecule has 0 radical (unpaired) electrons. The first kappa shape index (κ1) is 79.8. The van der Waals surface area contributed by atoms with Gasteiger partial charge in [-0.25, -0.2) is 33.5 Å². The van der Waals surface area contributed by atoms with E-state index in [1.165, 1.54) is 93.1 Å². The summed E-state index contributed by atoms with van der Waals surface area (Å²) in [6, 6.07) is 26.3. The quantitative estimate of drug-likeness (QED) is 0.0225. The Kier molecular flexibility index (Phi) is 29.9. The zero-order chi connectivity index (χ0) is 75.7. The number of rotatable bonds is 28. The Morgan fingerprint density at radius 3 is 2.18 bits per heavy atom. The SMILES string of the molecule is CC(=O)c1nnc(NC(=O)c2cc(OCCc3ccsc3)cc(OC(C)C)c2)s1.CCCC(=O)c1csc(NC(=O)Nc2cc(F)ccc2Oc2cccc(OC)c2OC)n1.Cc1ccc(C(CC2CCCC2)C(=O)Cc2nccs2)cc1.Cn1ccnc1Sc1cc(C(=O)Nc2nccs2)c(N)cc1F. The number of aryl methyl sites for hydroxylation is 2. The molecule has 1 saturated carbocycles. The maximum Gasteiger partial charge on any atom is 0.325 e. The van der Waals surface area contributed by atoms with Gasteiger partial charge in [0.15, 0.2) is 49.2 Å². The van der Waals surface area contributed by atoms with Crippen molar-refractivity contribution >= 4 is 130 Å². The highest BCUT2D eigenvalue weighted by molar-refractivity contribution is 7.99. The third-order valence-electron chi connectivity index (χ3n) is 15.7. The molecule has 106 heavy (non-hydrogen) atoms. The Morgan fingerprint density at radius 2 is 1.51 bits per heavy atom. The van der Waals surface area contributed by atoms with Crippen LogP contribution in [0.25, 0.3) is 0 Å². The summed E-state index contributed by atoms with van der Waals surface area (Å²) in [5.41, 5.74) is 10.4. The van der Waals surface area contributed by atoms with Gasteiger partial charge in [-0.1, -0.05) is 79.8 Å². The molecule has 31 heteroatoms. The maximum absolute atomic E-state index is 14.1. The van der Waals surface area contributed by atoms with Crippen molar-refractivity contribution in [2.75, 3.05) is 47.8 Å². The molecule has 6 N–H and O–H groups in total. The standard InChI is InChI=1S/C22H22FN3O5S.C20H21N3O4S2.C19H23NOS.C14H12FN5OS2/c1-4-6-16(27)15-12-32-22(25-15)26-21(28)24-14-11-13(23)9-10-17(14)31-19-8-5-7-18(29-2)20(19)30-3;1-12(2)27-17-9-15(18(25)21-20-23-22-19(29-20)13(3)24)8-16(10-17)26-6-4-14-5-7-28-11-14;1-14-6-8-16(9-7-14)17(12-15-4-2-3-5-15)18(21)13-19-20-10-11-22-19;1-20-4-2-18-14(20)23-11-6-8(10(16)7-9(11)15)12(21)19-13-17-3-5-22-13/h5,7-12H,4,6H2,1-3H3,(H2,24,25,26,28);5,7-12H,4,6H2,1-3H3,(H,21,23,25);6-11,15,17H,2-5,12-13H2,1H3;2-7H,16H2,1H3,(H,17,19,21). The zero-order valence-corrected chi connectivity index (χ0v) is 64.0. The number of methoxy groups -OCH3 is 2. The fourth-order valence-electron chi connectivity index (χ4n) is 10.5. The van der Waals surface area contributed by atoms with E-state index < -0.39 is 23.6 Å². The van der Waals surface area contributed by atoms with Gasteiger partial charge >= 0.3 is 6.03 Å². The second-order valence-electron chi connectivity index (χ2n) is 24.0. The van der Waals surface area contributed by atoms with Crippen LogP contribution in [0.3, 0.4) is 0 Å². The minimum Gasteiger partial charge on any atom is -0.493 e. The third-order valence-corrected chi connectivity index (χ3v) is 20.7. The first-order valence-electron chi connectivity index (χ1n) is 33.4. The number of para-hydroxylation sites is 1. The fourth-order valence-corrected chi connectivity index (χ4v) is 14.6. The van der Waals surface area contributed by atoms with Crippen LogP contribution < -0.4 is 50.7 Å². The average molecular weight is 1550 g/mol. The van der Waals surface area contributed by atoms with E-state index in [0.29, 0.717) is 87.9 Å². The number of hydrogen-bond donors (Lipinski definition) is 5. The first-order chi connectivity index (χ1) is 51.1. The summed E-state index contributed by atoms with van der Waals surface area (Å²) >= 11 is 7.79. The number of nitrogen functional groups attached to an aromatic ring is 1. The summed E-state index contributed by atoms with van der Waals surface area (Å²) in [5.74, 6) is 1.31. The predicted octanol–water partition coefficient (Wildman–Crippen LogP) is 18.1. The number of hydrogen-bond acceptors (Lipinski definition) is 24. The van der Waals surface area contributed by atoms with Gasteiger partial charge < -0.3 is 39.3 Å². The largest absolute Gasteiger partial charge is 0.493 e. The second kappa shape index (κ2) is 39.7. The number of thiazole rings is 3. The topological polar surface area (TPSA) is 305 Å². The molecule has 6 heterocycles. The van der Waals surface area contributed by atoms with Crippen LogP contribution in [0, 0.1) is 24.5 Å². The smallest absolute Gasteiger partial charge is 0.325 e. The fraction of sp³-hybridized carbons (Fsp3) is 0.280. The summed E-state index contributed by atoms with van der Waals surface area (Å²) in [6.07, 6.45) is 15.3. The maximum atomic E-state index is 14.1. The van der Waals surface area contributed by atoms with Gasteiger partial charge in [-0.3, -0.25) is 39.9 Å². The van der Waals surface area contributed by atoms with Gasteiger partial charge in [0.2, 0.25) is 10.9 Å². The molecule has 23 nitrogen and oxygen atoms in total. The Balaban J connectivity index is 0.000000165. The highest BCUT2D eigenvalue weighted by Crippen LogP contribution is 2.42. The lowest BCUT2D eigenvalue weighted by Crippen LogP contribution is -2.20. The van der Waals surface area contributed by atoms with Crippen molar-refractivity contribution in [1.29, 1.82) is 0 Å². The number of thiophene rings is 1. The van der Waals surface area contributed by atoms with Crippen LogP contribution in [0.4, 0.5) is 40.3 Å². The molecular weight excluding hydrogens is 1480 g/mol. The molecule has 11 aromatic rings. The summed E-state index contributed by atoms with van der Waals surface area (Å²) in [4.78, 5) is 90.3. The molecule has 0 spiro atoms. The van der Waals surface area contributed by atoms with Gasteiger partial charge in [0.05, 0.1) is 54.5 Å². The number of halogens is 2. The van der Waals surface area contributed by atoms with Crippen molar-refractivity contribution < 1.29 is 61.2 Å². The van der Waals surface area contributed by atoms with E-state index in [1.807, 2.05) is 31.5 Å². The third kappa shape index (κ3) is 23.9. The van der Waals surface area contributed by atoms with E-state index in [-0.39, 0.29) is 72.3 Å². The normalized spacial score (nSPS) is 11.9. The predicted molar refractivity (Wildman–Crippen MR) is 413 cm³/mol. The molecular formula is C75H78F2N12O11S6. The van der Waals surface area contributed by atoms with E-state index in [4.69, 9.17) is 29.4 Å².